The molecule has 4 nitrogen and oxygen atoms in total. The quantitative estimate of drug-likeness (QED) is 0.704. The minimum absolute atomic E-state index is 0. The van der Waals surface area contributed by atoms with Gasteiger partial charge in [0.25, 0.3) is 0 Å². The Balaban J connectivity index is 0.00000288. The van der Waals surface area contributed by atoms with Gasteiger partial charge in [-0.2, -0.15) is 0 Å². The number of amides is 1. The summed E-state index contributed by atoms with van der Waals surface area (Å²) in [7, 11) is 1.69. The topological polar surface area (TPSA) is 50.4 Å². The maximum absolute atomic E-state index is 12.9. The van der Waals surface area contributed by atoms with Crippen molar-refractivity contribution in [2.75, 3.05) is 26.7 Å². The van der Waals surface area contributed by atoms with E-state index in [0.29, 0.717) is 6.54 Å². The lowest BCUT2D eigenvalue weighted by Gasteiger charge is -2.29. The van der Waals surface area contributed by atoms with Crippen LogP contribution in [0.4, 0.5) is 0 Å². The van der Waals surface area contributed by atoms with Gasteiger partial charge in [0, 0.05) is 13.1 Å². The molecule has 2 rings (SSSR count). The van der Waals surface area contributed by atoms with Crippen LogP contribution in [0.1, 0.15) is 50.2 Å². The Kier molecular flexibility index (Phi) is 8.57. The SMILES string of the molecule is CCCNCCNC(=O)C1(c2ccc(C)c(OC)c2)CCCC1.Cl. The van der Waals surface area contributed by atoms with E-state index in [-0.39, 0.29) is 23.7 Å². The second kappa shape index (κ2) is 9.90. The lowest BCUT2D eigenvalue weighted by molar-refractivity contribution is -0.126. The lowest BCUT2D eigenvalue weighted by atomic mass is 9.77. The van der Waals surface area contributed by atoms with Gasteiger partial charge in [-0.25, -0.2) is 0 Å². The summed E-state index contributed by atoms with van der Waals surface area (Å²) in [6, 6.07) is 6.21. The molecule has 0 atom stereocenters. The van der Waals surface area contributed by atoms with Gasteiger partial charge in [0.2, 0.25) is 5.91 Å². The highest BCUT2D eigenvalue weighted by molar-refractivity contribution is 5.88. The average Bonchev–Trinajstić information content (AvgIpc) is 3.06. The molecule has 5 heteroatoms. The molecule has 1 amide bonds. The van der Waals surface area contributed by atoms with Gasteiger partial charge in [-0.3, -0.25) is 4.79 Å². The molecule has 1 saturated carbocycles. The van der Waals surface area contributed by atoms with Crippen molar-refractivity contribution in [2.45, 2.75) is 51.4 Å². The summed E-state index contributed by atoms with van der Waals surface area (Å²) in [5, 5.41) is 6.46. The average molecular weight is 355 g/mol. The van der Waals surface area contributed by atoms with Crippen LogP contribution in [-0.2, 0) is 10.2 Å². The van der Waals surface area contributed by atoms with E-state index in [1.807, 2.05) is 6.92 Å². The molecule has 24 heavy (non-hydrogen) atoms. The Morgan fingerprint density at radius 2 is 1.92 bits per heavy atom. The van der Waals surface area contributed by atoms with Crippen LogP contribution in [0.2, 0.25) is 0 Å². The molecule has 1 fully saturated rings. The van der Waals surface area contributed by atoms with E-state index in [1.165, 1.54) is 0 Å². The van der Waals surface area contributed by atoms with Crippen LogP contribution < -0.4 is 15.4 Å². The van der Waals surface area contributed by atoms with E-state index in [2.05, 4.69) is 35.8 Å². The largest absolute Gasteiger partial charge is 0.496 e. The van der Waals surface area contributed by atoms with Crippen LogP contribution in [0.25, 0.3) is 0 Å². The van der Waals surface area contributed by atoms with Crippen molar-refractivity contribution in [2.24, 2.45) is 0 Å². The highest BCUT2D eigenvalue weighted by Crippen LogP contribution is 2.42. The number of carbonyl (C=O) groups excluding carboxylic acids is 1. The fourth-order valence-electron chi connectivity index (χ4n) is 3.48. The molecule has 0 aliphatic heterocycles. The normalized spacial score (nSPS) is 15.6. The molecule has 0 radical (unpaired) electrons. The maximum atomic E-state index is 12.9. The smallest absolute Gasteiger partial charge is 0.230 e. The molecular weight excluding hydrogens is 324 g/mol. The van der Waals surface area contributed by atoms with Gasteiger partial charge in [-0.05, 0) is 49.9 Å². The summed E-state index contributed by atoms with van der Waals surface area (Å²) >= 11 is 0. The van der Waals surface area contributed by atoms with Gasteiger partial charge in [0.1, 0.15) is 5.75 Å². The molecule has 0 heterocycles. The fourth-order valence-corrected chi connectivity index (χ4v) is 3.48. The monoisotopic (exact) mass is 354 g/mol. The second-order valence-corrected chi connectivity index (χ2v) is 6.48. The summed E-state index contributed by atoms with van der Waals surface area (Å²) in [4.78, 5) is 12.9. The minimum Gasteiger partial charge on any atom is -0.496 e. The summed E-state index contributed by atoms with van der Waals surface area (Å²) in [6.45, 7) is 6.68. The highest BCUT2D eigenvalue weighted by atomic mass is 35.5. The van der Waals surface area contributed by atoms with Crippen LogP contribution in [-0.4, -0.2) is 32.7 Å². The molecule has 0 bridgehead atoms. The number of ether oxygens (including phenoxy) is 1. The first-order valence-corrected chi connectivity index (χ1v) is 8.78. The molecule has 0 aromatic heterocycles. The van der Waals surface area contributed by atoms with Crippen LogP contribution >= 0.6 is 12.4 Å². The van der Waals surface area contributed by atoms with E-state index >= 15 is 0 Å². The Bertz CT molecular complexity index is 528. The summed E-state index contributed by atoms with van der Waals surface area (Å²) in [5.41, 5.74) is 1.82. The molecule has 0 spiro atoms. The Morgan fingerprint density at radius 3 is 2.54 bits per heavy atom. The lowest BCUT2D eigenvalue weighted by Crippen LogP contribution is -2.44. The molecule has 1 aromatic rings. The Hall–Kier alpha value is -1.26. The molecule has 2 N–H and O–H groups in total. The van der Waals surface area contributed by atoms with Gasteiger partial charge in [-0.15, -0.1) is 12.4 Å². The second-order valence-electron chi connectivity index (χ2n) is 6.48. The Morgan fingerprint density at radius 1 is 1.21 bits per heavy atom. The van der Waals surface area contributed by atoms with Gasteiger partial charge in [0.15, 0.2) is 0 Å². The minimum atomic E-state index is -0.383. The number of aryl methyl sites for hydroxylation is 1. The first-order chi connectivity index (χ1) is 11.1. The molecule has 0 saturated heterocycles. The van der Waals surface area contributed by atoms with Crippen LogP contribution in [0.15, 0.2) is 18.2 Å². The van der Waals surface area contributed by atoms with Gasteiger partial charge in [0.05, 0.1) is 12.5 Å². The number of nitrogens with one attached hydrogen (secondary N) is 2. The molecule has 1 aliphatic carbocycles. The number of halogens is 1. The predicted octanol–water partition coefficient (Wildman–Crippen LogP) is 3.35. The first-order valence-electron chi connectivity index (χ1n) is 8.78. The van der Waals surface area contributed by atoms with Crippen molar-refractivity contribution in [1.29, 1.82) is 0 Å². The molecule has 1 aliphatic rings. The predicted molar refractivity (Wildman–Crippen MR) is 101 cm³/mol. The molecular formula is C19H31ClN2O2. The van der Waals surface area contributed by atoms with E-state index < -0.39 is 0 Å². The van der Waals surface area contributed by atoms with Crippen LogP contribution in [0.3, 0.4) is 0 Å². The van der Waals surface area contributed by atoms with Gasteiger partial charge < -0.3 is 15.4 Å². The molecule has 1 aromatic carbocycles. The van der Waals surface area contributed by atoms with Crippen molar-refractivity contribution in [1.82, 2.24) is 10.6 Å². The Labute approximate surface area is 152 Å². The van der Waals surface area contributed by atoms with Crippen molar-refractivity contribution < 1.29 is 9.53 Å². The van der Waals surface area contributed by atoms with Crippen molar-refractivity contribution in [3.05, 3.63) is 29.3 Å². The van der Waals surface area contributed by atoms with Crippen LogP contribution in [0.5, 0.6) is 5.75 Å². The number of rotatable bonds is 8. The standard InChI is InChI=1S/C19H30N2O2.ClH/c1-4-11-20-12-13-21-18(22)19(9-5-6-10-19)16-8-7-15(2)17(14-16)23-3;/h7-8,14,20H,4-6,9-13H2,1-3H3,(H,21,22);1H. The van der Waals surface area contributed by atoms with Crippen LogP contribution in [0, 0.1) is 6.92 Å². The fraction of sp³-hybridized carbons (Fsp3) is 0.632. The van der Waals surface area contributed by atoms with Crippen molar-refractivity contribution in [3.63, 3.8) is 0 Å². The number of hydrogen-bond donors (Lipinski definition) is 2. The van der Waals surface area contributed by atoms with Crippen molar-refractivity contribution >= 4 is 18.3 Å². The zero-order chi connectivity index (χ0) is 16.7. The zero-order valence-electron chi connectivity index (χ0n) is 15.1. The number of benzene rings is 1. The van der Waals surface area contributed by atoms with E-state index in [0.717, 1.165) is 62.1 Å². The van der Waals surface area contributed by atoms with E-state index in [9.17, 15) is 4.79 Å². The third-order valence-electron chi connectivity index (χ3n) is 4.87. The summed E-state index contributed by atoms with van der Waals surface area (Å²) in [6.07, 6.45) is 5.18. The summed E-state index contributed by atoms with van der Waals surface area (Å²) in [5.74, 6) is 1.03. The third-order valence-corrected chi connectivity index (χ3v) is 4.87. The number of carbonyl (C=O) groups is 1. The molecule has 136 valence electrons. The number of methoxy groups -OCH3 is 1. The summed E-state index contributed by atoms with van der Waals surface area (Å²) < 4.78 is 5.45. The van der Waals surface area contributed by atoms with E-state index in [1.54, 1.807) is 7.11 Å². The maximum Gasteiger partial charge on any atom is 0.230 e. The first kappa shape index (κ1) is 20.8. The van der Waals surface area contributed by atoms with Gasteiger partial charge >= 0.3 is 0 Å². The zero-order valence-corrected chi connectivity index (χ0v) is 15.9. The highest BCUT2D eigenvalue weighted by Gasteiger charge is 2.42. The van der Waals surface area contributed by atoms with Crippen molar-refractivity contribution in [3.8, 4) is 5.75 Å². The molecule has 0 unspecified atom stereocenters. The number of hydrogen-bond acceptors (Lipinski definition) is 3. The van der Waals surface area contributed by atoms with Gasteiger partial charge in [-0.1, -0.05) is 31.9 Å². The van der Waals surface area contributed by atoms with E-state index in [4.69, 9.17) is 4.74 Å². The third kappa shape index (κ3) is 4.64.